The summed E-state index contributed by atoms with van der Waals surface area (Å²) in [6.07, 6.45) is 0. The SMILES string of the molecule is CC(C)c1ccc(C(C)C)c([O])c1. The van der Waals surface area contributed by atoms with Crippen LogP contribution < -0.4 is 0 Å². The summed E-state index contributed by atoms with van der Waals surface area (Å²) in [6.45, 7) is 8.30. The van der Waals surface area contributed by atoms with Gasteiger partial charge in [-0.25, -0.2) is 0 Å². The van der Waals surface area contributed by atoms with Crippen molar-refractivity contribution in [3.8, 4) is 5.75 Å². The van der Waals surface area contributed by atoms with Crippen molar-refractivity contribution in [2.24, 2.45) is 0 Å². The normalized spacial score (nSPS) is 11.2. The molecule has 0 bridgehead atoms. The van der Waals surface area contributed by atoms with Crippen LogP contribution in [0.15, 0.2) is 18.2 Å². The maximum atomic E-state index is 11.6. The van der Waals surface area contributed by atoms with E-state index in [0.29, 0.717) is 11.8 Å². The molecule has 1 rings (SSSR count). The second-order valence-corrected chi connectivity index (χ2v) is 4.11. The molecule has 0 N–H and O–H groups in total. The maximum absolute atomic E-state index is 11.6. The topological polar surface area (TPSA) is 19.9 Å². The smallest absolute Gasteiger partial charge is 0.182 e. The van der Waals surface area contributed by atoms with Crippen molar-refractivity contribution in [2.45, 2.75) is 39.5 Å². The Balaban J connectivity index is 3.06. The first-order valence-corrected chi connectivity index (χ1v) is 4.83. The molecule has 0 heterocycles. The van der Waals surface area contributed by atoms with Crippen LogP contribution in [0.1, 0.15) is 50.7 Å². The number of hydrogen-bond acceptors (Lipinski definition) is 0. The second-order valence-electron chi connectivity index (χ2n) is 4.11. The Morgan fingerprint density at radius 3 is 2.00 bits per heavy atom. The third kappa shape index (κ3) is 2.24. The van der Waals surface area contributed by atoms with E-state index < -0.39 is 0 Å². The van der Waals surface area contributed by atoms with Crippen molar-refractivity contribution in [1.29, 1.82) is 0 Å². The summed E-state index contributed by atoms with van der Waals surface area (Å²) in [7, 11) is 0. The summed E-state index contributed by atoms with van der Waals surface area (Å²) < 4.78 is 0. The molecule has 0 aliphatic rings. The van der Waals surface area contributed by atoms with E-state index in [1.165, 1.54) is 0 Å². The van der Waals surface area contributed by atoms with Gasteiger partial charge in [0.05, 0.1) is 0 Å². The first-order valence-electron chi connectivity index (χ1n) is 4.83. The number of benzene rings is 1. The lowest BCUT2D eigenvalue weighted by molar-refractivity contribution is 0.347. The van der Waals surface area contributed by atoms with Crippen LogP contribution in [0.2, 0.25) is 0 Å². The minimum atomic E-state index is 0.182. The first-order chi connectivity index (χ1) is 6.02. The van der Waals surface area contributed by atoms with E-state index in [-0.39, 0.29) is 5.75 Å². The summed E-state index contributed by atoms with van der Waals surface area (Å²) in [4.78, 5) is 0. The average molecular weight is 177 g/mol. The quantitative estimate of drug-likeness (QED) is 0.648. The van der Waals surface area contributed by atoms with Crippen molar-refractivity contribution in [3.63, 3.8) is 0 Å². The second kappa shape index (κ2) is 3.82. The average Bonchev–Trinajstić information content (AvgIpc) is 2.03. The Morgan fingerprint density at radius 2 is 1.62 bits per heavy atom. The lowest BCUT2D eigenvalue weighted by Crippen LogP contribution is -1.91. The molecule has 0 aromatic heterocycles. The van der Waals surface area contributed by atoms with Gasteiger partial charge in [0.2, 0.25) is 0 Å². The molecule has 0 aliphatic carbocycles. The minimum absolute atomic E-state index is 0.182. The highest BCUT2D eigenvalue weighted by Gasteiger charge is 2.09. The van der Waals surface area contributed by atoms with Gasteiger partial charge in [-0.2, -0.15) is 0 Å². The largest absolute Gasteiger partial charge is 0.290 e. The monoisotopic (exact) mass is 177 g/mol. The van der Waals surface area contributed by atoms with Crippen LogP contribution in [0.4, 0.5) is 0 Å². The summed E-state index contributed by atoms with van der Waals surface area (Å²) >= 11 is 0. The Kier molecular flexibility index (Phi) is 2.97. The van der Waals surface area contributed by atoms with Crippen LogP contribution in [-0.4, -0.2) is 0 Å². The van der Waals surface area contributed by atoms with Crippen molar-refractivity contribution in [3.05, 3.63) is 29.3 Å². The number of hydrogen-bond donors (Lipinski definition) is 0. The van der Waals surface area contributed by atoms with E-state index in [1.54, 1.807) is 6.07 Å². The molecule has 1 nitrogen and oxygen atoms in total. The van der Waals surface area contributed by atoms with Crippen LogP contribution in [0.25, 0.3) is 0 Å². The van der Waals surface area contributed by atoms with Gasteiger partial charge in [-0.15, -0.1) is 0 Å². The van der Waals surface area contributed by atoms with Crippen molar-refractivity contribution in [1.82, 2.24) is 0 Å². The fraction of sp³-hybridized carbons (Fsp3) is 0.500. The molecular formula is C12H17O. The van der Waals surface area contributed by atoms with Crippen molar-refractivity contribution >= 4 is 0 Å². The fourth-order valence-corrected chi connectivity index (χ4v) is 1.39. The molecule has 1 heteroatoms. The molecule has 0 aliphatic heterocycles. The molecule has 1 aromatic rings. The molecule has 13 heavy (non-hydrogen) atoms. The molecule has 0 spiro atoms. The highest BCUT2D eigenvalue weighted by molar-refractivity contribution is 5.39. The molecule has 0 saturated heterocycles. The highest BCUT2D eigenvalue weighted by atomic mass is 16.3. The summed E-state index contributed by atoms with van der Waals surface area (Å²) in [5.74, 6) is 0.948. The van der Waals surface area contributed by atoms with Gasteiger partial charge in [-0.3, -0.25) is 5.11 Å². The Bertz CT molecular complexity index is 287. The van der Waals surface area contributed by atoms with Crippen LogP contribution >= 0.6 is 0 Å². The molecule has 0 unspecified atom stereocenters. The van der Waals surface area contributed by atoms with Gasteiger partial charge in [0, 0.05) is 5.56 Å². The van der Waals surface area contributed by atoms with Crippen molar-refractivity contribution in [2.75, 3.05) is 0 Å². The molecule has 0 fully saturated rings. The standard InChI is InChI=1S/C12H17O/c1-8(2)10-5-6-11(9(3)4)12(13)7-10/h5-9H,1-4H3. The molecule has 71 valence electrons. The zero-order valence-electron chi connectivity index (χ0n) is 8.79. The first kappa shape index (κ1) is 10.1. The van der Waals surface area contributed by atoms with E-state index in [0.717, 1.165) is 11.1 Å². The third-order valence-corrected chi connectivity index (χ3v) is 2.33. The van der Waals surface area contributed by atoms with Crippen molar-refractivity contribution < 1.29 is 5.11 Å². The van der Waals surface area contributed by atoms with Gasteiger partial charge >= 0.3 is 0 Å². The predicted molar refractivity (Wildman–Crippen MR) is 54.8 cm³/mol. The molecule has 0 saturated carbocycles. The van der Waals surface area contributed by atoms with Gasteiger partial charge < -0.3 is 0 Å². The van der Waals surface area contributed by atoms with E-state index in [4.69, 9.17) is 0 Å². The van der Waals surface area contributed by atoms with Gasteiger partial charge in [0.25, 0.3) is 0 Å². The molecular weight excluding hydrogens is 160 g/mol. The molecule has 1 radical (unpaired) electrons. The Morgan fingerprint density at radius 1 is 1.00 bits per heavy atom. The highest BCUT2D eigenvalue weighted by Crippen LogP contribution is 2.29. The van der Waals surface area contributed by atoms with E-state index in [1.807, 2.05) is 19.9 Å². The predicted octanol–water partition coefficient (Wildman–Crippen LogP) is 4.08. The molecule has 0 amide bonds. The number of rotatable bonds is 2. The third-order valence-electron chi connectivity index (χ3n) is 2.33. The zero-order valence-corrected chi connectivity index (χ0v) is 8.79. The Labute approximate surface area is 80.4 Å². The van der Waals surface area contributed by atoms with E-state index >= 15 is 0 Å². The van der Waals surface area contributed by atoms with Crippen LogP contribution in [0.5, 0.6) is 5.75 Å². The van der Waals surface area contributed by atoms with E-state index in [9.17, 15) is 5.11 Å². The van der Waals surface area contributed by atoms with Gasteiger partial charge in [-0.1, -0.05) is 39.8 Å². The molecule has 0 atom stereocenters. The summed E-state index contributed by atoms with van der Waals surface area (Å²) in [5.41, 5.74) is 2.05. The van der Waals surface area contributed by atoms with Gasteiger partial charge in [0.1, 0.15) is 0 Å². The lowest BCUT2D eigenvalue weighted by Gasteiger charge is -2.10. The molecule has 1 aromatic carbocycles. The summed E-state index contributed by atoms with van der Waals surface area (Å²) in [6, 6.07) is 5.78. The maximum Gasteiger partial charge on any atom is 0.182 e. The van der Waals surface area contributed by atoms with Crippen LogP contribution in [-0.2, 0) is 5.11 Å². The van der Waals surface area contributed by atoms with Crippen LogP contribution in [0.3, 0.4) is 0 Å². The Hall–Kier alpha value is -0.980. The van der Waals surface area contributed by atoms with Gasteiger partial charge in [0.15, 0.2) is 5.75 Å². The van der Waals surface area contributed by atoms with Gasteiger partial charge in [-0.05, 0) is 23.5 Å². The van der Waals surface area contributed by atoms with Crippen LogP contribution in [0, 0.1) is 0 Å². The lowest BCUT2D eigenvalue weighted by atomic mass is 9.96. The minimum Gasteiger partial charge on any atom is -0.290 e. The van der Waals surface area contributed by atoms with E-state index in [2.05, 4.69) is 19.9 Å². The fourth-order valence-electron chi connectivity index (χ4n) is 1.39. The zero-order chi connectivity index (χ0) is 10.0. The summed E-state index contributed by atoms with van der Waals surface area (Å²) in [5, 5.41) is 11.6.